The molecule has 2 aromatic rings. The van der Waals surface area contributed by atoms with Crippen LogP contribution in [0.4, 0.5) is 0 Å². The molecule has 0 saturated heterocycles. The lowest BCUT2D eigenvalue weighted by atomic mass is 10.2. The Labute approximate surface area is 115 Å². The molecule has 1 unspecified atom stereocenters. The van der Waals surface area contributed by atoms with E-state index in [-0.39, 0.29) is 11.9 Å². The third kappa shape index (κ3) is 2.97. The predicted octanol–water partition coefficient (Wildman–Crippen LogP) is 3.71. The van der Waals surface area contributed by atoms with Crippen molar-refractivity contribution in [3.8, 4) is 9.88 Å². The van der Waals surface area contributed by atoms with E-state index in [2.05, 4.69) is 29.4 Å². The van der Waals surface area contributed by atoms with Gasteiger partial charge in [-0.2, -0.15) is 0 Å². The number of rotatable bonds is 4. The van der Waals surface area contributed by atoms with Crippen molar-refractivity contribution in [3.63, 3.8) is 0 Å². The van der Waals surface area contributed by atoms with Crippen molar-refractivity contribution in [2.24, 2.45) is 0 Å². The summed E-state index contributed by atoms with van der Waals surface area (Å²) in [5.74, 6) is -0.0832. The lowest BCUT2D eigenvalue weighted by Crippen LogP contribution is -2.32. The largest absolute Gasteiger partial charge is 0.348 e. The number of aryl methyl sites for hydroxylation is 1. The van der Waals surface area contributed by atoms with Gasteiger partial charge in [-0.3, -0.25) is 4.79 Å². The Morgan fingerprint density at radius 1 is 1.50 bits per heavy atom. The average Bonchev–Trinajstić information content (AvgIpc) is 2.96. The molecule has 0 spiro atoms. The highest BCUT2D eigenvalue weighted by atomic mass is 32.1. The van der Waals surface area contributed by atoms with E-state index in [0.29, 0.717) is 5.69 Å². The van der Waals surface area contributed by atoms with E-state index >= 15 is 0 Å². The number of carbonyl (C=O) groups excluding carboxylic acids is 1. The van der Waals surface area contributed by atoms with Crippen LogP contribution in [0.25, 0.3) is 9.88 Å². The molecule has 1 amide bonds. The first-order valence-corrected chi connectivity index (χ1v) is 7.63. The van der Waals surface area contributed by atoms with Crippen LogP contribution in [0.5, 0.6) is 0 Å². The van der Waals surface area contributed by atoms with Gasteiger partial charge < -0.3 is 5.32 Å². The van der Waals surface area contributed by atoms with E-state index in [9.17, 15) is 4.79 Å². The van der Waals surface area contributed by atoms with Crippen molar-refractivity contribution in [2.75, 3.05) is 0 Å². The van der Waals surface area contributed by atoms with Crippen LogP contribution in [0.2, 0.25) is 0 Å². The van der Waals surface area contributed by atoms with E-state index in [1.54, 1.807) is 11.3 Å². The fraction of sp³-hybridized carbons (Fsp3) is 0.385. The number of carbonyl (C=O) groups is 1. The van der Waals surface area contributed by atoms with E-state index in [0.717, 1.165) is 16.3 Å². The number of nitrogens with one attached hydrogen (secondary N) is 1. The van der Waals surface area contributed by atoms with E-state index < -0.39 is 0 Å². The minimum atomic E-state index is -0.0832. The van der Waals surface area contributed by atoms with Gasteiger partial charge in [0, 0.05) is 16.3 Å². The van der Waals surface area contributed by atoms with Crippen LogP contribution in [-0.4, -0.2) is 16.9 Å². The fourth-order valence-corrected chi connectivity index (χ4v) is 3.18. The molecule has 0 bridgehead atoms. The number of hydrogen-bond donors (Lipinski definition) is 1. The van der Waals surface area contributed by atoms with E-state index in [4.69, 9.17) is 0 Å². The fourth-order valence-electron chi connectivity index (χ4n) is 1.44. The molecule has 0 aliphatic carbocycles. The number of hydrogen-bond acceptors (Lipinski definition) is 4. The maximum absolute atomic E-state index is 11.9. The Morgan fingerprint density at radius 3 is 2.89 bits per heavy atom. The quantitative estimate of drug-likeness (QED) is 0.927. The highest BCUT2D eigenvalue weighted by Gasteiger charge is 2.14. The van der Waals surface area contributed by atoms with Crippen molar-refractivity contribution in [1.29, 1.82) is 0 Å². The summed E-state index contributed by atoms with van der Waals surface area (Å²) in [6.45, 7) is 6.11. The third-order valence-electron chi connectivity index (χ3n) is 2.68. The molecular formula is C13H16N2OS2. The van der Waals surface area contributed by atoms with Gasteiger partial charge in [0.25, 0.3) is 5.91 Å². The Hall–Kier alpha value is -1.20. The van der Waals surface area contributed by atoms with Crippen LogP contribution < -0.4 is 5.32 Å². The molecule has 2 aromatic heterocycles. The van der Waals surface area contributed by atoms with Crippen LogP contribution in [-0.2, 0) is 0 Å². The molecule has 3 nitrogen and oxygen atoms in total. The number of aromatic nitrogens is 1. The Bertz CT molecular complexity index is 545. The van der Waals surface area contributed by atoms with Crippen LogP contribution in [0.1, 0.15) is 35.6 Å². The molecule has 2 rings (SSSR count). The molecule has 18 heavy (non-hydrogen) atoms. The maximum Gasteiger partial charge on any atom is 0.270 e. The van der Waals surface area contributed by atoms with Crippen LogP contribution in [0.15, 0.2) is 17.5 Å². The van der Waals surface area contributed by atoms with Crippen molar-refractivity contribution in [1.82, 2.24) is 10.3 Å². The van der Waals surface area contributed by atoms with Gasteiger partial charge in [0.05, 0.1) is 4.88 Å². The lowest BCUT2D eigenvalue weighted by molar-refractivity contribution is 0.0935. The van der Waals surface area contributed by atoms with E-state index in [1.165, 1.54) is 16.2 Å². The van der Waals surface area contributed by atoms with Gasteiger partial charge in [0.2, 0.25) is 0 Å². The molecule has 0 fully saturated rings. The van der Waals surface area contributed by atoms with Crippen molar-refractivity contribution >= 4 is 28.6 Å². The second-order valence-electron chi connectivity index (χ2n) is 4.23. The summed E-state index contributed by atoms with van der Waals surface area (Å²) in [5.41, 5.74) is 0.515. The molecule has 0 aliphatic rings. The first-order chi connectivity index (χ1) is 8.60. The normalized spacial score (nSPS) is 12.4. The smallest absolute Gasteiger partial charge is 0.270 e. The van der Waals surface area contributed by atoms with Crippen LogP contribution in [0, 0.1) is 6.92 Å². The Morgan fingerprint density at radius 2 is 2.28 bits per heavy atom. The molecule has 0 aliphatic heterocycles. The summed E-state index contributed by atoms with van der Waals surface area (Å²) in [6.07, 6.45) is 0.923. The molecule has 96 valence electrons. The molecule has 1 N–H and O–H groups in total. The standard InChI is InChI=1S/C13H16N2OS2/c1-4-8(2)14-12(16)10-7-17-13(15-10)11-6-5-9(3)18-11/h5-8H,4H2,1-3H3,(H,14,16). The highest BCUT2D eigenvalue weighted by Crippen LogP contribution is 2.30. The molecule has 2 heterocycles. The Balaban J connectivity index is 2.13. The zero-order chi connectivity index (χ0) is 13.1. The van der Waals surface area contributed by atoms with Crippen LogP contribution in [0.3, 0.4) is 0 Å². The maximum atomic E-state index is 11.9. The van der Waals surface area contributed by atoms with Crippen molar-refractivity contribution in [3.05, 3.63) is 28.1 Å². The molecule has 1 atom stereocenters. The first-order valence-electron chi connectivity index (χ1n) is 5.93. The first kappa shape index (κ1) is 13.2. The zero-order valence-electron chi connectivity index (χ0n) is 10.7. The number of nitrogens with zero attached hydrogens (tertiary/aromatic N) is 1. The van der Waals surface area contributed by atoms with Gasteiger partial charge in [0.1, 0.15) is 10.7 Å². The van der Waals surface area contributed by atoms with E-state index in [1.807, 2.05) is 19.2 Å². The summed E-state index contributed by atoms with van der Waals surface area (Å²) in [5, 5.41) is 5.66. The van der Waals surface area contributed by atoms with Gasteiger partial charge in [-0.05, 0) is 32.4 Å². The van der Waals surface area contributed by atoms with Gasteiger partial charge in [-0.1, -0.05) is 6.92 Å². The second-order valence-corrected chi connectivity index (χ2v) is 6.38. The zero-order valence-corrected chi connectivity index (χ0v) is 12.3. The molecular weight excluding hydrogens is 264 g/mol. The van der Waals surface area contributed by atoms with Crippen molar-refractivity contribution < 1.29 is 4.79 Å². The van der Waals surface area contributed by atoms with Gasteiger partial charge in [0.15, 0.2) is 0 Å². The summed E-state index contributed by atoms with van der Waals surface area (Å²) in [6, 6.07) is 4.31. The van der Waals surface area contributed by atoms with Crippen molar-refractivity contribution in [2.45, 2.75) is 33.2 Å². The highest BCUT2D eigenvalue weighted by molar-refractivity contribution is 7.21. The topological polar surface area (TPSA) is 42.0 Å². The Kier molecular flexibility index (Phi) is 4.14. The van der Waals surface area contributed by atoms with Gasteiger partial charge in [-0.15, -0.1) is 22.7 Å². The summed E-state index contributed by atoms with van der Waals surface area (Å²) < 4.78 is 0. The second kappa shape index (κ2) is 5.63. The minimum Gasteiger partial charge on any atom is -0.348 e. The monoisotopic (exact) mass is 280 g/mol. The summed E-state index contributed by atoms with van der Waals surface area (Å²) in [4.78, 5) is 18.7. The molecule has 0 aromatic carbocycles. The SMILES string of the molecule is CCC(C)NC(=O)c1csc(-c2ccc(C)s2)n1. The number of thiophene rings is 1. The minimum absolute atomic E-state index is 0.0832. The third-order valence-corrected chi connectivity index (χ3v) is 4.69. The summed E-state index contributed by atoms with van der Waals surface area (Å²) in [7, 11) is 0. The van der Waals surface area contributed by atoms with Gasteiger partial charge >= 0.3 is 0 Å². The number of amides is 1. The molecule has 0 radical (unpaired) electrons. The average molecular weight is 280 g/mol. The molecule has 5 heteroatoms. The predicted molar refractivity (Wildman–Crippen MR) is 77.4 cm³/mol. The lowest BCUT2D eigenvalue weighted by Gasteiger charge is -2.09. The summed E-state index contributed by atoms with van der Waals surface area (Å²) >= 11 is 3.22. The van der Waals surface area contributed by atoms with Crippen LogP contribution >= 0.6 is 22.7 Å². The number of thiazole rings is 1. The van der Waals surface area contributed by atoms with Gasteiger partial charge in [-0.25, -0.2) is 4.98 Å². The molecule has 0 saturated carbocycles.